The molecule has 2 aromatic carbocycles. The fourth-order valence-electron chi connectivity index (χ4n) is 2.42. The Morgan fingerprint density at radius 1 is 1.04 bits per heavy atom. The van der Waals surface area contributed by atoms with Crippen molar-refractivity contribution in [1.82, 2.24) is 10.6 Å². The number of rotatable bonds is 7. The number of nitrogens with one attached hydrogen (secondary N) is 2. The summed E-state index contributed by atoms with van der Waals surface area (Å²) >= 11 is 0. The first-order chi connectivity index (χ1) is 12.8. The Balaban J connectivity index is 1.90. The van der Waals surface area contributed by atoms with E-state index in [4.69, 9.17) is 0 Å². The van der Waals surface area contributed by atoms with Gasteiger partial charge in [-0.25, -0.2) is 4.79 Å². The number of carbonyl (C=O) groups excluding carboxylic acids is 1. The Labute approximate surface area is 155 Å². The zero-order valence-corrected chi connectivity index (χ0v) is 14.7. The molecule has 0 heterocycles. The van der Waals surface area contributed by atoms with E-state index in [2.05, 4.69) is 15.4 Å². The summed E-state index contributed by atoms with van der Waals surface area (Å²) in [6.45, 7) is 0.128. The molecule has 2 atom stereocenters. The lowest BCUT2D eigenvalue weighted by atomic mass is 10.1. The largest absolute Gasteiger partial charge is 0.484 e. The zero-order chi connectivity index (χ0) is 19.9. The van der Waals surface area contributed by atoms with Gasteiger partial charge in [-0.05, 0) is 30.2 Å². The molecule has 2 amide bonds. The average Bonchev–Trinajstić information content (AvgIpc) is 2.65. The number of aliphatic hydroxyl groups excluding tert-OH is 1. The fourth-order valence-corrected chi connectivity index (χ4v) is 2.42. The van der Waals surface area contributed by atoms with E-state index < -0.39 is 30.9 Å². The highest BCUT2D eigenvalue weighted by atomic mass is 19.4. The molecule has 146 valence electrons. The van der Waals surface area contributed by atoms with Gasteiger partial charge in [0.05, 0.1) is 18.7 Å². The number of ether oxygens (including phenoxy) is 1. The number of benzene rings is 2. The van der Waals surface area contributed by atoms with Crippen molar-refractivity contribution < 1.29 is 27.8 Å². The summed E-state index contributed by atoms with van der Waals surface area (Å²) in [6, 6.07) is 13.6. The third-order valence-corrected chi connectivity index (χ3v) is 3.82. The Kier molecular flexibility index (Phi) is 7.06. The number of alkyl halides is 3. The Morgan fingerprint density at radius 3 is 2.22 bits per heavy atom. The van der Waals surface area contributed by atoms with Crippen molar-refractivity contribution in [3.63, 3.8) is 0 Å². The molecule has 0 saturated carbocycles. The van der Waals surface area contributed by atoms with E-state index in [0.717, 1.165) is 5.56 Å². The van der Waals surface area contributed by atoms with Crippen molar-refractivity contribution in [3.8, 4) is 5.75 Å². The lowest BCUT2D eigenvalue weighted by Crippen LogP contribution is -2.40. The molecule has 2 unspecified atom stereocenters. The molecule has 0 fully saturated rings. The first-order valence-corrected chi connectivity index (χ1v) is 8.31. The van der Waals surface area contributed by atoms with Gasteiger partial charge in [0.25, 0.3) is 0 Å². The minimum atomic E-state index is -4.40. The van der Waals surface area contributed by atoms with Gasteiger partial charge in [-0.15, -0.1) is 0 Å². The normalized spacial score (nSPS) is 13.5. The van der Waals surface area contributed by atoms with E-state index in [1.807, 2.05) is 18.2 Å². The molecular weight excluding hydrogens is 361 g/mol. The lowest BCUT2D eigenvalue weighted by Gasteiger charge is -2.20. The SMILES string of the molecule is CC(NC(=O)NC(CO)c1ccccc1)c1ccc(OCC(F)(F)F)cc1. The van der Waals surface area contributed by atoms with Gasteiger partial charge < -0.3 is 20.5 Å². The quantitative estimate of drug-likeness (QED) is 0.684. The topological polar surface area (TPSA) is 70.6 Å². The number of hydrogen-bond donors (Lipinski definition) is 3. The predicted molar refractivity (Wildman–Crippen MR) is 94.3 cm³/mol. The summed E-state index contributed by atoms with van der Waals surface area (Å²) in [5, 5.41) is 14.9. The summed E-state index contributed by atoms with van der Waals surface area (Å²) < 4.78 is 41.1. The minimum absolute atomic E-state index is 0.0946. The van der Waals surface area contributed by atoms with Gasteiger partial charge in [-0.2, -0.15) is 13.2 Å². The van der Waals surface area contributed by atoms with Gasteiger partial charge in [-0.3, -0.25) is 0 Å². The summed E-state index contributed by atoms with van der Waals surface area (Å²) in [7, 11) is 0. The van der Waals surface area contributed by atoms with Crippen LogP contribution in [0.3, 0.4) is 0 Å². The summed E-state index contributed by atoms with van der Waals surface area (Å²) in [5.41, 5.74) is 1.47. The molecule has 0 aliphatic heterocycles. The Hall–Kier alpha value is -2.74. The Morgan fingerprint density at radius 2 is 1.67 bits per heavy atom. The van der Waals surface area contributed by atoms with E-state index in [1.165, 1.54) is 12.1 Å². The molecule has 0 aromatic heterocycles. The minimum Gasteiger partial charge on any atom is -0.484 e. The summed E-state index contributed by atoms with van der Waals surface area (Å²) in [5.74, 6) is 0.0946. The van der Waals surface area contributed by atoms with Gasteiger partial charge in [-0.1, -0.05) is 42.5 Å². The molecule has 27 heavy (non-hydrogen) atoms. The molecule has 0 spiro atoms. The van der Waals surface area contributed by atoms with Crippen LogP contribution in [0, 0.1) is 0 Å². The Bertz CT molecular complexity index is 721. The van der Waals surface area contributed by atoms with Crippen LogP contribution in [0.5, 0.6) is 5.75 Å². The first kappa shape index (κ1) is 20.6. The highest BCUT2D eigenvalue weighted by Crippen LogP contribution is 2.21. The van der Waals surface area contributed by atoms with Crippen molar-refractivity contribution in [3.05, 3.63) is 65.7 Å². The number of halogens is 3. The third kappa shape index (κ3) is 6.82. The molecule has 0 bridgehead atoms. The summed E-state index contributed by atoms with van der Waals surface area (Å²) in [6.07, 6.45) is -4.40. The molecule has 0 saturated heterocycles. The van der Waals surface area contributed by atoms with E-state index in [1.54, 1.807) is 31.2 Å². The molecule has 0 aliphatic carbocycles. The molecule has 2 aromatic rings. The van der Waals surface area contributed by atoms with Crippen molar-refractivity contribution in [2.75, 3.05) is 13.2 Å². The van der Waals surface area contributed by atoms with Crippen LogP contribution in [0.15, 0.2) is 54.6 Å². The first-order valence-electron chi connectivity index (χ1n) is 8.31. The van der Waals surface area contributed by atoms with E-state index in [0.29, 0.717) is 5.56 Å². The van der Waals surface area contributed by atoms with Crippen molar-refractivity contribution in [2.45, 2.75) is 25.2 Å². The molecule has 2 rings (SSSR count). The molecule has 0 radical (unpaired) electrons. The molecular formula is C19H21F3N2O3. The molecule has 3 N–H and O–H groups in total. The smallest absolute Gasteiger partial charge is 0.422 e. The number of aliphatic hydroxyl groups is 1. The second kappa shape index (κ2) is 9.27. The monoisotopic (exact) mass is 382 g/mol. The average molecular weight is 382 g/mol. The summed E-state index contributed by atoms with van der Waals surface area (Å²) in [4.78, 5) is 12.2. The van der Waals surface area contributed by atoms with Crippen LogP contribution in [0.4, 0.5) is 18.0 Å². The van der Waals surface area contributed by atoms with Crippen LogP contribution in [-0.4, -0.2) is 30.5 Å². The van der Waals surface area contributed by atoms with Crippen LogP contribution in [-0.2, 0) is 0 Å². The lowest BCUT2D eigenvalue weighted by molar-refractivity contribution is -0.153. The standard InChI is InChI=1S/C19H21F3N2O3/c1-13(14-7-9-16(10-8-14)27-12-19(20,21)22)23-18(26)24-17(11-25)15-5-3-2-4-6-15/h2-10,13,17,25H,11-12H2,1H3,(H2,23,24,26). The van der Waals surface area contributed by atoms with Crippen LogP contribution >= 0.6 is 0 Å². The van der Waals surface area contributed by atoms with Crippen LogP contribution < -0.4 is 15.4 Å². The van der Waals surface area contributed by atoms with Crippen LogP contribution in [0.2, 0.25) is 0 Å². The number of carbonyl (C=O) groups is 1. The maximum Gasteiger partial charge on any atom is 0.422 e. The highest BCUT2D eigenvalue weighted by Gasteiger charge is 2.28. The maximum atomic E-state index is 12.2. The number of amides is 2. The van der Waals surface area contributed by atoms with Crippen LogP contribution in [0.25, 0.3) is 0 Å². The van der Waals surface area contributed by atoms with Gasteiger partial charge in [0.1, 0.15) is 5.75 Å². The van der Waals surface area contributed by atoms with Crippen molar-refractivity contribution in [2.24, 2.45) is 0 Å². The second-order valence-electron chi connectivity index (χ2n) is 5.96. The molecule has 8 heteroatoms. The molecule has 0 aliphatic rings. The van der Waals surface area contributed by atoms with E-state index >= 15 is 0 Å². The van der Waals surface area contributed by atoms with Crippen LogP contribution in [0.1, 0.15) is 30.1 Å². The number of hydrogen-bond acceptors (Lipinski definition) is 3. The zero-order valence-electron chi connectivity index (χ0n) is 14.7. The van der Waals surface area contributed by atoms with Gasteiger partial charge in [0.2, 0.25) is 0 Å². The van der Waals surface area contributed by atoms with Crippen molar-refractivity contribution >= 4 is 6.03 Å². The fraction of sp³-hybridized carbons (Fsp3) is 0.316. The number of urea groups is 1. The van der Waals surface area contributed by atoms with Gasteiger partial charge in [0.15, 0.2) is 6.61 Å². The predicted octanol–water partition coefficient (Wildman–Crippen LogP) is 3.72. The maximum absolute atomic E-state index is 12.2. The van der Waals surface area contributed by atoms with Gasteiger partial charge >= 0.3 is 12.2 Å². The van der Waals surface area contributed by atoms with E-state index in [9.17, 15) is 23.1 Å². The third-order valence-electron chi connectivity index (χ3n) is 3.82. The van der Waals surface area contributed by atoms with Gasteiger partial charge in [0, 0.05) is 0 Å². The highest BCUT2D eigenvalue weighted by molar-refractivity contribution is 5.75. The van der Waals surface area contributed by atoms with E-state index in [-0.39, 0.29) is 12.4 Å². The van der Waals surface area contributed by atoms with Crippen molar-refractivity contribution in [1.29, 1.82) is 0 Å². The second-order valence-corrected chi connectivity index (χ2v) is 5.96. The molecule has 5 nitrogen and oxygen atoms in total.